The van der Waals surface area contributed by atoms with Gasteiger partial charge in [-0.05, 0) is 43.5 Å². The number of nitrogens with one attached hydrogen (secondary N) is 2. The summed E-state index contributed by atoms with van der Waals surface area (Å²) in [7, 11) is 0. The zero-order valence-corrected chi connectivity index (χ0v) is 18.4. The van der Waals surface area contributed by atoms with Crippen LogP contribution < -0.4 is 20.1 Å². The van der Waals surface area contributed by atoms with Gasteiger partial charge in [0.2, 0.25) is 5.91 Å². The number of benzene rings is 2. The van der Waals surface area contributed by atoms with Gasteiger partial charge in [-0.3, -0.25) is 4.79 Å². The van der Waals surface area contributed by atoms with E-state index in [1.807, 2.05) is 48.5 Å². The first kappa shape index (κ1) is 22.9. The van der Waals surface area contributed by atoms with E-state index in [2.05, 4.69) is 17.6 Å². The summed E-state index contributed by atoms with van der Waals surface area (Å²) < 4.78 is 17.3. The van der Waals surface area contributed by atoms with E-state index in [9.17, 15) is 4.79 Å². The predicted octanol–water partition coefficient (Wildman–Crippen LogP) is 5.25. The number of hydrogen-bond donors (Lipinski definition) is 2. The van der Waals surface area contributed by atoms with E-state index in [1.54, 1.807) is 0 Å². The van der Waals surface area contributed by atoms with E-state index in [4.69, 9.17) is 14.2 Å². The van der Waals surface area contributed by atoms with Crippen LogP contribution in [0.25, 0.3) is 0 Å². The Morgan fingerprint density at radius 1 is 1.10 bits per heavy atom. The molecule has 0 spiro atoms. The SMILES string of the molecule is CCCCCCOc1cccc(NC(=O)CNc2ccccc2OCC2CCCO2)c1. The second-order valence-corrected chi connectivity index (χ2v) is 7.78. The second kappa shape index (κ2) is 12.8. The van der Waals surface area contributed by atoms with Crippen LogP contribution >= 0.6 is 0 Å². The highest BCUT2D eigenvalue weighted by atomic mass is 16.5. The zero-order chi connectivity index (χ0) is 21.7. The summed E-state index contributed by atoms with van der Waals surface area (Å²) in [5.41, 5.74) is 1.51. The van der Waals surface area contributed by atoms with E-state index in [0.29, 0.717) is 13.2 Å². The summed E-state index contributed by atoms with van der Waals surface area (Å²) in [6, 6.07) is 15.2. The van der Waals surface area contributed by atoms with Crippen molar-refractivity contribution in [2.24, 2.45) is 0 Å². The van der Waals surface area contributed by atoms with E-state index in [-0.39, 0.29) is 18.6 Å². The Bertz CT molecular complexity index is 806. The molecule has 168 valence electrons. The molecule has 0 aliphatic carbocycles. The lowest BCUT2D eigenvalue weighted by atomic mass is 10.2. The van der Waals surface area contributed by atoms with Crippen molar-refractivity contribution in [2.45, 2.75) is 51.6 Å². The smallest absolute Gasteiger partial charge is 0.243 e. The molecule has 2 aromatic rings. The Morgan fingerprint density at radius 3 is 2.84 bits per heavy atom. The molecule has 31 heavy (non-hydrogen) atoms. The maximum Gasteiger partial charge on any atom is 0.243 e. The van der Waals surface area contributed by atoms with Crippen molar-refractivity contribution in [3.8, 4) is 11.5 Å². The van der Waals surface area contributed by atoms with Crippen LogP contribution in [0, 0.1) is 0 Å². The summed E-state index contributed by atoms with van der Waals surface area (Å²) in [6.45, 7) is 4.36. The molecule has 1 unspecified atom stereocenters. The van der Waals surface area contributed by atoms with Gasteiger partial charge in [-0.15, -0.1) is 0 Å². The quantitative estimate of drug-likeness (QED) is 0.428. The van der Waals surface area contributed by atoms with E-state index in [0.717, 1.165) is 48.7 Å². The van der Waals surface area contributed by atoms with Crippen LogP contribution in [-0.2, 0) is 9.53 Å². The fourth-order valence-electron chi connectivity index (χ4n) is 3.46. The summed E-state index contributed by atoms with van der Waals surface area (Å²) in [5, 5.41) is 6.09. The molecule has 1 aliphatic heterocycles. The van der Waals surface area contributed by atoms with Crippen molar-refractivity contribution in [1.82, 2.24) is 0 Å². The van der Waals surface area contributed by atoms with E-state index in [1.165, 1.54) is 19.3 Å². The fraction of sp³-hybridized carbons (Fsp3) is 0.480. The minimum atomic E-state index is -0.131. The standard InChI is InChI=1S/C25H34N2O4/c1-2-3-4-7-15-29-21-11-8-10-20(17-21)27-25(28)18-26-23-13-5-6-14-24(23)31-19-22-12-9-16-30-22/h5-6,8,10-11,13-14,17,22,26H,2-4,7,9,12,15-16,18-19H2,1H3,(H,27,28). The summed E-state index contributed by atoms with van der Waals surface area (Å²) in [4.78, 5) is 12.4. The average molecular weight is 427 g/mol. The fourth-order valence-corrected chi connectivity index (χ4v) is 3.46. The number of amides is 1. The Morgan fingerprint density at radius 2 is 2.00 bits per heavy atom. The van der Waals surface area contributed by atoms with Gasteiger partial charge in [0.15, 0.2) is 0 Å². The van der Waals surface area contributed by atoms with Gasteiger partial charge in [0, 0.05) is 18.4 Å². The van der Waals surface area contributed by atoms with Gasteiger partial charge in [-0.1, -0.05) is 44.4 Å². The number of para-hydroxylation sites is 2. The molecule has 0 aromatic heterocycles. The Labute approximate surface area is 185 Å². The predicted molar refractivity (Wildman–Crippen MR) is 124 cm³/mol. The topological polar surface area (TPSA) is 68.8 Å². The molecule has 1 aliphatic rings. The molecular weight excluding hydrogens is 392 g/mol. The molecule has 0 radical (unpaired) electrons. The Hall–Kier alpha value is -2.73. The van der Waals surface area contributed by atoms with E-state index >= 15 is 0 Å². The Kier molecular flexibility index (Phi) is 9.51. The van der Waals surface area contributed by atoms with Crippen molar-refractivity contribution in [2.75, 3.05) is 37.0 Å². The van der Waals surface area contributed by atoms with Crippen molar-refractivity contribution in [3.05, 3.63) is 48.5 Å². The molecule has 1 amide bonds. The summed E-state index contributed by atoms with van der Waals surface area (Å²) in [5.74, 6) is 1.37. The largest absolute Gasteiger partial charge is 0.494 e. The number of ether oxygens (including phenoxy) is 3. The average Bonchev–Trinajstić information content (AvgIpc) is 3.31. The maximum absolute atomic E-state index is 12.4. The minimum Gasteiger partial charge on any atom is -0.494 e. The third-order valence-corrected chi connectivity index (χ3v) is 5.16. The van der Waals surface area contributed by atoms with Gasteiger partial charge in [-0.2, -0.15) is 0 Å². The lowest BCUT2D eigenvalue weighted by Crippen LogP contribution is -2.22. The van der Waals surface area contributed by atoms with Crippen LogP contribution in [0.3, 0.4) is 0 Å². The van der Waals surface area contributed by atoms with Crippen molar-refractivity contribution in [1.29, 1.82) is 0 Å². The number of anilines is 2. The number of carbonyl (C=O) groups excluding carboxylic acids is 1. The molecule has 1 fully saturated rings. The second-order valence-electron chi connectivity index (χ2n) is 7.78. The molecule has 0 saturated carbocycles. The van der Waals surface area contributed by atoms with Crippen molar-refractivity contribution in [3.63, 3.8) is 0 Å². The lowest BCUT2D eigenvalue weighted by molar-refractivity contribution is -0.114. The van der Waals surface area contributed by atoms with Gasteiger partial charge in [0.25, 0.3) is 0 Å². The van der Waals surface area contributed by atoms with Crippen LogP contribution in [0.4, 0.5) is 11.4 Å². The highest BCUT2D eigenvalue weighted by molar-refractivity contribution is 5.94. The molecule has 6 nitrogen and oxygen atoms in total. The molecule has 1 saturated heterocycles. The highest BCUT2D eigenvalue weighted by Gasteiger charge is 2.16. The molecule has 1 atom stereocenters. The monoisotopic (exact) mass is 426 g/mol. The molecule has 1 heterocycles. The number of hydrogen-bond acceptors (Lipinski definition) is 5. The Balaban J connectivity index is 1.44. The molecular formula is C25H34N2O4. The van der Waals surface area contributed by atoms with Crippen LogP contribution in [0.2, 0.25) is 0 Å². The first-order chi connectivity index (χ1) is 15.2. The molecule has 2 aromatic carbocycles. The first-order valence-corrected chi connectivity index (χ1v) is 11.3. The lowest BCUT2D eigenvalue weighted by Gasteiger charge is -2.15. The van der Waals surface area contributed by atoms with Crippen LogP contribution in [0.1, 0.15) is 45.4 Å². The van der Waals surface area contributed by atoms with Crippen molar-refractivity contribution < 1.29 is 19.0 Å². The van der Waals surface area contributed by atoms with Crippen LogP contribution in [0.5, 0.6) is 11.5 Å². The minimum absolute atomic E-state index is 0.131. The number of rotatable bonds is 13. The molecule has 6 heteroatoms. The van der Waals surface area contributed by atoms with Crippen LogP contribution in [0.15, 0.2) is 48.5 Å². The van der Waals surface area contributed by atoms with Gasteiger partial charge in [0.05, 0.1) is 24.9 Å². The van der Waals surface area contributed by atoms with Crippen LogP contribution in [-0.4, -0.2) is 38.4 Å². The molecule has 0 bridgehead atoms. The third kappa shape index (κ3) is 8.13. The molecule has 2 N–H and O–H groups in total. The zero-order valence-electron chi connectivity index (χ0n) is 18.4. The van der Waals surface area contributed by atoms with Gasteiger partial charge in [0.1, 0.15) is 18.1 Å². The van der Waals surface area contributed by atoms with Gasteiger partial charge >= 0.3 is 0 Å². The summed E-state index contributed by atoms with van der Waals surface area (Å²) >= 11 is 0. The first-order valence-electron chi connectivity index (χ1n) is 11.3. The number of unbranched alkanes of at least 4 members (excludes halogenated alkanes) is 3. The van der Waals surface area contributed by atoms with Crippen molar-refractivity contribution >= 4 is 17.3 Å². The highest BCUT2D eigenvalue weighted by Crippen LogP contribution is 2.25. The normalized spacial score (nSPS) is 15.5. The van der Waals surface area contributed by atoms with Gasteiger partial charge in [-0.25, -0.2) is 0 Å². The number of carbonyl (C=O) groups is 1. The summed E-state index contributed by atoms with van der Waals surface area (Å²) in [6.07, 6.45) is 6.92. The third-order valence-electron chi connectivity index (χ3n) is 5.16. The maximum atomic E-state index is 12.4. The van der Waals surface area contributed by atoms with E-state index < -0.39 is 0 Å². The molecule has 3 rings (SSSR count). The van der Waals surface area contributed by atoms with Gasteiger partial charge < -0.3 is 24.8 Å².